The molecule has 1 saturated heterocycles. The molecule has 2 aliphatic heterocycles. The van der Waals surface area contributed by atoms with E-state index in [-0.39, 0.29) is 0 Å². The fourth-order valence-corrected chi connectivity index (χ4v) is 2.88. The van der Waals surface area contributed by atoms with Crippen LogP contribution in [0.25, 0.3) is 0 Å². The van der Waals surface area contributed by atoms with Gasteiger partial charge in [-0.25, -0.2) is 4.98 Å². The topological polar surface area (TPSA) is 81.0 Å². The van der Waals surface area contributed by atoms with E-state index in [9.17, 15) is 0 Å². The van der Waals surface area contributed by atoms with Crippen molar-refractivity contribution in [3.8, 4) is 0 Å². The molecule has 1 N–H and O–H groups in total. The molecule has 1 atom stereocenters. The van der Waals surface area contributed by atoms with Gasteiger partial charge < -0.3 is 19.5 Å². The molecular formula is C14H19N7O. The van der Waals surface area contributed by atoms with Crippen molar-refractivity contribution < 1.29 is 4.74 Å². The lowest BCUT2D eigenvalue weighted by Crippen LogP contribution is -2.35. The average Bonchev–Trinajstić information content (AvgIpc) is 3.04. The molecule has 116 valence electrons. The fourth-order valence-electron chi connectivity index (χ4n) is 2.88. The first-order valence-electron chi connectivity index (χ1n) is 7.67. The van der Waals surface area contributed by atoms with Crippen LogP contribution in [0, 0.1) is 0 Å². The Balaban J connectivity index is 1.47. The van der Waals surface area contributed by atoms with E-state index < -0.39 is 0 Å². The van der Waals surface area contributed by atoms with Gasteiger partial charge in [-0.2, -0.15) is 4.98 Å². The summed E-state index contributed by atoms with van der Waals surface area (Å²) < 4.78 is 7.56. The SMILES string of the molecule is c1cc(NC2CCCOC2)nc(N2CCn3cnnc3C2)n1. The number of nitrogens with one attached hydrogen (secondary N) is 1. The molecule has 2 aliphatic rings. The Morgan fingerprint density at radius 3 is 3.23 bits per heavy atom. The van der Waals surface area contributed by atoms with Gasteiger partial charge in [0.25, 0.3) is 0 Å². The molecule has 0 aromatic carbocycles. The average molecular weight is 301 g/mol. The second kappa shape index (κ2) is 5.88. The zero-order valence-electron chi connectivity index (χ0n) is 12.4. The van der Waals surface area contributed by atoms with Crippen LogP contribution in [0.3, 0.4) is 0 Å². The minimum Gasteiger partial charge on any atom is -0.379 e. The summed E-state index contributed by atoms with van der Waals surface area (Å²) in [7, 11) is 0. The van der Waals surface area contributed by atoms with Crippen molar-refractivity contribution in [1.82, 2.24) is 24.7 Å². The Hall–Kier alpha value is -2.22. The molecular weight excluding hydrogens is 282 g/mol. The normalized spacial score (nSPS) is 21.5. The van der Waals surface area contributed by atoms with Crippen LogP contribution < -0.4 is 10.2 Å². The highest BCUT2D eigenvalue weighted by Crippen LogP contribution is 2.18. The van der Waals surface area contributed by atoms with Gasteiger partial charge in [0, 0.05) is 25.9 Å². The number of hydrogen-bond acceptors (Lipinski definition) is 7. The van der Waals surface area contributed by atoms with Gasteiger partial charge in [0.05, 0.1) is 19.2 Å². The van der Waals surface area contributed by atoms with Gasteiger partial charge in [0.2, 0.25) is 5.95 Å². The first kappa shape index (κ1) is 13.4. The molecule has 0 amide bonds. The Morgan fingerprint density at radius 2 is 2.32 bits per heavy atom. The quantitative estimate of drug-likeness (QED) is 0.892. The van der Waals surface area contributed by atoms with Crippen LogP contribution in [0.2, 0.25) is 0 Å². The number of rotatable bonds is 3. The molecule has 8 nitrogen and oxygen atoms in total. The molecule has 1 fully saturated rings. The molecule has 0 spiro atoms. The van der Waals surface area contributed by atoms with Gasteiger partial charge in [0.1, 0.15) is 12.1 Å². The first-order valence-corrected chi connectivity index (χ1v) is 7.67. The Kier molecular flexibility index (Phi) is 3.59. The maximum Gasteiger partial charge on any atom is 0.227 e. The van der Waals surface area contributed by atoms with E-state index >= 15 is 0 Å². The van der Waals surface area contributed by atoms with Crippen molar-refractivity contribution in [2.45, 2.75) is 32.0 Å². The summed E-state index contributed by atoms with van der Waals surface area (Å²) in [6, 6.07) is 2.24. The van der Waals surface area contributed by atoms with Gasteiger partial charge in [-0.05, 0) is 18.9 Å². The molecule has 0 bridgehead atoms. The van der Waals surface area contributed by atoms with Crippen molar-refractivity contribution in [2.75, 3.05) is 30.0 Å². The number of hydrogen-bond donors (Lipinski definition) is 1. The minimum atomic E-state index is 0.334. The number of ether oxygens (including phenoxy) is 1. The van der Waals surface area contributed by atoms with Crippen LogP contribution in [0.1, 0.15) is 18.7 Å². The van der Waals surface area contributed by atoms with E-state index in [4.69, 9.17) is 4.74 Å². The van der Waals surface area contributed by atoms with E-state index in [1.54, 1.807) is 12.5 Å². The summed E-state index contributed by atoms with van der Waals surface area (Å²) >= 11 is 0. The second-order valence-electron chi connectivity index (χ2n) is 5.66. The Labute approximate surface area is 128 Å². The molecule has 0 radical (unpaired) electrons. The van der Waals surface area contributed by atoms with Gasteiger partial charge in [-0.3, -0.25) is 0 Å². The molecule has 0 saturated carbocycles. The largest absolute Gasteiger partial charge is 0.379 e. The lowest BCUT2D eigenvalue weighted by Gasteiger charge is -2.28. The molecule has 22 heavy (non-hydrogen) atoms. The van der Waals surface area contributed by atoms with Gasteiger partial charge >= 0.3 is 0 Å². The van der Waals surface area contributed by atoms with Crippen LogP contribution >= 0.6 is 0 Å². The zero-order chi connectivity index (χ0) is 14.8. The third kappa shape index (κ3) is 2.74. The van der Waals surface area contributed by atoms with Crippen molar-refractivity contribution in [2.24, 2.45) is 0 Å². The second-order valence-corrected chi connectivity index (χ2v) is 5.66. The first-order chi connectivity index (χ1) is 10.9. The van der Waals surface area contributed by atoms with Gasteiger partial charge in [-0.15, -0.1) is 10.2 Å². The smallest absolute Gasteiger partial charge is 0.227 e. The third-order valence-electron chi connectivity index (χ3n) is 4.08. The Morgan fingerprint density at radius 1 is 1.32 bits per heavy atom. The summed E-state index contributed by atoms with van der Waals surface area (Å²) in [5, 5.41) is 11.5. The molecule has 2 aromatic rings. The molecule has 2 aromatic heterocycles. The summed E-state index contributed by atoms with van der Waals surface area (Å²) in [6.45, 7) is 4.02. The van der Waals surface area contributed by atoms with E-state index in [1.165, 1.54) is 0 Å². The van der Waals surface area contributed by atoms with E-state index in [0.29, 0.717) is 12.6 Å². The predicted molar refractivity (Wildman–Crippen MR) is 80.6 cm³/mol. The number of fused-ring (bicyclic) bond motifs is 1. The zero-order valence-corrected chi connectivity index (χ0v) is 12.4. The minimum absolute atomic E-state index is 0.334. The maximum absolute atomic E-state index is 5.50. The van der Waals surface area contributed by atoms with Crippen molar-refractivity contribution in [3.05, 3.63) is 24.4 Å². The molecule has 0 aliphatic carbocycles. The predicted octanol–water partition coefficient (Wildman–Crippen LogP) is 0.679. The summed E-state index contributed by atoms with van der Waals surface area (Å²) in [4.78, 5) is 11.2. The Bertz CT molecular complexity index is 638. The highest BCUT2D eigenvalue weighted by atomic mass is 16.5. The molecule has 4 rings (SSSR count). The van der Waals surface area contributed by atoms with Gasteiger partial charge in [-0.1, -0.05) is 0 Å². The summed E-state index contributed by atoms with van der Waals surface area (Å²) in [6.07, 6.45) is 5.78. The number of anilines is 2. The van der Waals surface area contributed by atoms with Crippen molar-refractivity contribution >= 4 is 11.8 Å². The lowest BCUT2D eigenvalue weighted by molar-refractivity contribution is 0.0875. The molecule has 8 heteroatoms. The van der Waals surface area contributed by atoms with Crippen molar-refractivity contribution in [1.29, 1.82) is 0 Å². The van der Waals surface area contributed by atoms with E-state index in [2.05, 4.69) is 34.9 Å². The summed E-state index contributed by atoms with van der Waals surface area (Å²) in [5.74, 6) is 2.54. The standard InChI is InChI=1S/C14H19N7O/c1-2-11(9-22-7-1)17-12-3-4-15-14(18-12)20-5-6-21-10-16-19-13(21)8-20/h3-4,10-11H,1-2,5-9H2,(H,15,17,18). The van der Waals surface area contributed by atoms with Crippen LogP contribution in [-0.4, -0.2) is 50.5 Å². The van der Waals surface area contributed by atoms with Crippen LogP contribution in [0.15, 0.2) is 18.6 Å². The molecule has 4 heterocycles. The van der Waals surface area contributed by atoms with Crippen LogP contribution in [0.5, 0.6) is 0 Å². The van der Waals surface area contributed by atoms with Crippen molar-refractivity contribution in [3.63, 3.8) is 0 Å². The highest BCUT2D eigenvalue weighted by molar-refractivity contribution is 5.42. The van der Waals surface area contributed by atoms with Crippen LogP contribution in [0.4, 0.5) is 11.8 Å². The maximum atomic E-state index is 5.50. The summed E-state index contributed by atoms with van der Waals surface area (Å²) in [5.41, 5.74) is 0. The van der Waals surface area contributed by atoms with E-state index in [1.807, 2.05) is 6.07 Å². The van der Waals surface area contributed by atoms with Crippen LogP contribution in [-0.2, 0) is 17.8 Å². The fraction of sp³-hybridized carbons (Fsp3) is 0.571. The van der Waals surface area contributed by atoms with Gasteiger partial charge in [0.15, 0.2) is 5.82 Å². The van der Waals surface area contributed by atoms with E-state index in [0.717, 1.165) is 56.7 Å². The molecule has 1 unspecified atom stereocenters. The third-order valence-corrected chi connectivity index (χ3v) is 4.08. The number of aromatic nitrogens is 5. The highest BCUT2D eigenvalue weighted by Gasteiger charge is 2.20. The lowest BCUT2D eigenvalue weighted by atomic mass is 10.1. The monoisotopic (exact) mass is 301 g/mol. The number of nitrogens with zero attached hydrogens (tertiary/aromatic N) is 6.